The number of carbonyl (C=O) groups excluding carboxylic acids is 3. The Hall–Kier alpha value is -2.96. The highest BCUT2D eigenvalue weighted by Gasteiger charge is 2.51. The third kappa shape index (κ3) is 4.21. The lowest BCUT2D eigenvalue weighted by Gasteiger charge is -2.38. The first-order valence-corrected chi connectivity index (χ1v) is 11.6. The van der Waals surface area contributed by atoms with E-state index < -0.39 is 12.1 Å². The number of nitriles is 1. The molecule has 1 aromatic carbocycles. The van der Waals surface area contributed by atoms with Crippen molar-refractivity contribution in [3.63, 3.8) is 0 Å². The zero-order valence-corrected chi connectivity index (χ0v) is 19.5. The molecule has 0 aliphatic carbocycles. The van der Waals surface area contributed by atoms with E-state index in [9.17, 15) is 19.6 Å². The largest absolute Gasteiger partial charge is 0.345 e. The van der Waals surface area contributed by atoms with Crippen LogP contribution in [0.15, 0.2) is 24.3 Å². The van der Waals surface area contributed by atoms with Crippen molar-refractivity contribution < 1.29 is 14.4 Å². The second kappa shape index (κ2) is 9.12. The van der Waals surface area contributed by atoms with E-state index >= 15 is 0 Å². The molecule has 3 aliphatic rings. The van der Waals surface area contributed by atoms with Crippen LogP contribution in [0.4, 0.5) is 0 Å². The summed E-state index contributed by atoms with van der Waals surface area (Å²) in [6, 6.07) is 8.10. The summed E-state index contributed by atoms with van der Waals surface area (Å²) in [6.07, 6.45) is 2.22. The van der Waals surface area contributed by atoms with Gasteiger partial charge in [-0.3, -0.25) is 19.3 Å². The van der Waals surface area contributed by atoms with Crippen LogP contribution in [-0.4, -0.2) is 95.2 Å². The van der Waals surface area contributed by atoms with Gasteiger partial charge in [0.25, 0.3) is 5.91 Å². The van der Waals surface area contributed by atoms with Crippen LogP contribution in [-0.2, 0) is 9.59 Å². The number of hydrogen-bond donors (Lipinski definition) is 1. The molecule has 2 N–H and O–H groups in total. The van der Waals surface area contributed by atoms with E-state index in [1.807, 2.05) is 34.9 Å². The predicted molar refractivity (Wildman–Crippen MR) is 122 cm³/mol. The molecule has 9 nitrogen and oxygen atoms in total. The van der Waals surface area contributed by atoms with Gasteiger partial charge in [0.1, 0.15) is 6.04 Å². The average Bonchev–Trinajstić information content (AvgIpc) is 3.52. The number of piperazine rings is 1. The van der Waals surface area contributed by atoms with Crippen LogP contribution in [0.3, 0.4) is 0 Å². The van der Waals surface area contributed by atoms with Crippen LogP contribution < -0.4 is 5.73 Å². The monoisotopic (exact) mass is 452 g/mol. The van der Waals surface area contributed by atoms with Gasteiger partial charge in [-0.15, -0.1) is 0 Å². The second-order valence-corrected chi connectivity index (χ2v) is 9.53. The van der Waals surface area contributed by atoms with Crippen molar-refractivity contribution >= 4 is 17.7 Å². The normalized spacial score (nSPS) is 26.4. The first kappa shape index (κ1) is 23.2. The van der Waals surface area contributed by atoms with Gasteiger partial charge in [-0.2, -0.15) is 5.26 Å². The van der Waals surface area contributed by atoms with Crippen LogP contribution in [0.5, 0.6) is 0 Å². The number of carbonyl (C=O) groups is 3. The molecular formula is C24H32N6O3. The van der Waals surface area contributed by atoms with Crippen LogP contribution in [0.2, 0.25) is 0 Å². The Morgan fingerprint density at radius 2 is 2.09 bits per heavy atom. The van der Waals surface area contributed by atoms with Crippen molar-refractivity contribution in [1.82, 2.24) is 19.6 Å². The molecule has 0 unspecified atom stereocenters. The first-order valence-electron chi connectivity index (χ1n) is 11.6. The molecule has 0 saturated carbocycles. The van der Waals surface area contributed by atoms with E-state index in [-0.39, 0.29) is 35.8 Å². The third-order valence-corrected chi connectivity index (χ3v) is 7.19. The molecule has 33 heavy (non-hydrogen) atoms. The van der Waals surface area contributed by atoms with E-state index in [2.05, 4.69) is 6.07 Å². The fraction of sp³-hybridized carbons (Fsp3) is 0.583. The molecule has 3 amide bonds. The van der Waals surface area contributed by atoms with Gasteiger partial charge in [-0.05, 0) is 43.9 Å². The maximum Gasteiger partial charge on any atom is 0.253 e. The number of nitrogens with two attached hydrogens (primary N) is 1. The average molecular weight is 453 g/mol. The molecule has 4 rings (SSSR count). The lowest BCUT2D eigenvalue weighted by Crippen LogP contribution is -2.56. The molecule has 9 heteroatoms. The van der Waals surface area contributed by atoms with Gasteiger partial charge in [0.05, 0.1) is 24.2 Å². The standard InChI is InChI=1S/C24H32N6O3/c1-15(16-6-4-7-17(10-16)22(31)27(2)3)30-19-11-21(24(30)33)28(13-19)14-20(26)23(32)29-9-5-8-18(29)12-25/h4,6-7,10,15,18-21H,5,8-9,11,13-14,26H2,1-3H3/t15-,18+,19-,20+,21-/m1/s1. The molecule has 5 atom stereocenters. The third-order valence-electron chi connectivity index (χ3n) is 7.19. The minimum absolute atomic E-state index is 0.0406. The van der Waals surface area contributed by atoms with Crippen LogP contribution >= 0.6 is 0 Å². The molecule has 3 saturated heterocycles. The van der Waals surface area contributed by atoms with E-state index in [0.717, 1.165) is 12.0 Å². The first-order chi connectivity index (χ1) is 15.7. The molecule has 0 aromatic heterocycles. The minimum Gasteiger partial charge on any atom is -0.345 e. The number of fused-ring (bicyclic) bond motifs is 2. The molecule has 1 aromatic rings. The summed E-state index contributed by atoms with van der Waals surface area (Å²) in [4.78, 5) is 45.4. The zero-order valence-electron chi connectivity index (χ0n) is 19.5. The number of hydrogen-bond acceptors (Lipinski definition) is 6. The number of rotatable bonds is 6. The summed E-state index contributed by atoms with van der Waals surface area (Å²) in [7, 11) is 3.44. The van der Waals surface area contributed by atoms with Gasteiger partial charge >= 0.3 is 0 Å². The number of nitrogens with zero attached hydrogens (tertiary/aromatic N) is 5. The quantitative estimate of drug-likeness (QED) is 0.675. The van der Waals surface area contributed by atoms with E-state index in [1.165, 1.54) is 4.90 Å². The maximum absolute atomic E-state index is 13.3. The summed E-state index contributed by atoms with van der Waals surface area (Å²) < 4.78 is 0. The van der Waals surface area contributed by atoms with E-state index in [4.69, 9.17) is 5.73 Å². The zero-order chi connectivity index (χ0) is 23.9. The van der Waals surface area contributed by atoms with Gasteiger partial charge in [-0.25, -0.2) is 0 Å². The van der Waals surface area contributed by atoms with E-state index in [1.54, 1.807) is 25.1 Å². The van der Waals surface area contributed by atoms with Gasteiger partial charge in [0.2, 0.25) is 11.8 Å². The summed E-state index contributed by atoms with van der Waals surface area (Å²) in [5, 5.41) is 9.26. The predicted octanol–water partition coefficient (Wildman–Crippen LogP) is 0.576. The molecule has 176 valence electrons. The Bertz CT molecular complexity index is 989. The Labute approximate surface area is 194 Å². The van der Waals surface area contributed by atoms with Gasteiger partial charge < -0.3 is 20.4 Å². The molecule has 3 fully saturated rings. The lowest BCUT2D eigenvalue weighted by atomic mass is 10.0. The molecular weight excluding hydrogens is 420 g/mol. The fourth-order valence-electron chi connectivity index (χ4n) is 5.46. The van der Waals surface area contributed by atoms with E-state index in [0.29, 0.717) is 38.0 Å². The Kier molecular flexibility index (Phi) is 6.41. The number of benzene rings is 1. The fourth-order valence-corrected chi connectivity index (χ4v) is 5.46. The topological polar surface area (TPSA) is 114 Å². The van der Waals surface area contributed by atoms with Crippen molar-refractivity contribution in [3.8, 4) is 6.07 Å². The summed E-state index contributed by atoms with van der Waals surface area (Å²) in [5.41, 5.74) is 7.75. The molecule has 3 aliphatic heterocycles. The molecule has 0 spiro atoms. The van der Waals surface area contributed by atoms with Crippen molar-refractivity contribution in [1.29, 1.82) is 5.26 Å². The highest BCUT2D eigenvalue weighted by molar-refractivity contribution is 5.94. The van der Waals surface area contributed by atoms with Gasteiger partial charge in [0, 0.05) is 45.3 Å². The minimum atomic E-state index is -0.745. The van der Waals surface area contributed by atoms with Crippen LogP contribution in [0.25, 0.3) is 0 Å². The number of likely N-dealkylation sites (tertiary alicyclic amines) is 3. The number of amides is 3. The van der Waals surface area contributed by atoms with Crippen LogP contribution in [0.1, 0.15) is 48.1 Å². The van der Waals surface area contributed by atoms with Crippen molar-refractivity contribution in [2.45, 2.75) is 56.4 Å². The molecule has 2 bridgehead atoms. The Morgan fingerprint density at radius 3 is 2.76 bits per heavy atom. The Balaban J connectivity index is 1.41. The summed E-state index contributed by atoms with van der Waals surface area (Å²) in [5.74, 6) is -0.236. The van der Waals surface area contributed by atoms with Gasteiger partial charge in [0.15, 0.2) is 0 Å². The smallest absolute Gasteiger partial charge is 0.253 e. The molecule has 3 heterocycles. The highest BCUT2D eigenvalue weighted by atomic mass is 16.2. The Morgan fingerprint density at radius 1 is 1.33 bits per heavy atom. The summed E-state index contributed by atoms with van der Waals surface area (Å²) >= 11 is 0. The van der Waals surface area contributed by atoms with Crippen molar-refractivity contribution in [3.05, 3.63) is 35.4 Å². The maximum atomic E-state index is 13.3. The molecule has 0 radical (unpaired) electrons. The van der Waals surface area contributed by atoms with Crippen LogP contribution in [0, 0.1) is 11.3 Å². The second-order valence-electron chi connectivity index (χ2n) is 9.53. The SMILES string of the molecule is C[C@H](c1cccc(C(=O)N(C)C)c1)N1C(=O)[C@H]2C[C@@H]1CN2C[C@H](N)C(=O)N1CCC[C@H]1C#N. The van der Waals surface area contributed by atoms with Gasteiger partial charge in [-0.1, -0.05) is 12.1 Å². The summed E-state index contributed by atoms with van der Waals surface area (Å²) in [6.45, 7) is 3.54. The van der Waals surface area contributed by atoms with Crippen molar-refractivity contribution in [2.24, 2.45) is 5.73 Å². The highest BCUT2D eigenvalue weighted by Crippen LogP contribution is 2.38. The lowest BCUT2D eigenvalue weighted by molar-refractivity contribution is -0.140. The van der Waals surface area contributed by atoms with Crippen molar-refractivity contribution in [2.75, 3.05) is 33.7 Å².